The van der Waals surface area contributed by atoms with Gasteiger partial charge in [0.2, 0.25) is 0 Å². The minimum absolute atomic E-state index is 0.0324. The Morgan fingerprint density at radius 2 is 1.95 bits per heavy atom. The SMILES string of the molecule is COC(=O)c1scc(C)c1S(=O)(=O)NOC(C)(C)C. The van der Waals surface area contributed by atoms with Crippen LogP contribution in [-0.4, -0.2) is 27.1 Å². The molecule has 0 saturated heterocycles. The van der Waals surface area contributed by atoms with Gasteiger partial charge in [0.25, 0.3) is 10.0 Å². The minimum Gasteiger partial charge on any atom is -0.465 e. The maximum absolute atomic E-state index is 12.2. The monoisotopic (exact) mass is 307 g/mol. The molecule has 6 nitrogen and oxygen atoms in total. The molecule has 0 aliphatic carbocycles. The van der Waals surface area contributed by atoms with Gasteiger partial charge in [-0.2, -0.15) is 0 Å². The van der Waals surface area contributed by atoms with E-state index in [2.05, 4.69) is 4.74 Å². The lowest BCUT2D eigenvalue weighted by molar-refractivity contribution is -0.0357. The molecule has 0 radical (unpaired) electrons. The van der Waals surface area contributed by atoms with Gasteiger partial charge >= 0.3 is 5.97 Å². The van der Waals surface area contributed by atoms with Gasteiger partial charge in [0, 0.05) is 0 Å². The van der Waals surface area contributed by atoms with E-state index < -0.39 is 21.6 Å². The lowest BCUT2D eigenvalue weighted by atomic mass is 10.2. The summed E-state index contributed by atoms with van der Waals surface area (Å²) in [5, 5.41) is 1.58. The van der Waals surface area contributed by atoms with Gasteiger partial charge in [-0.25, -0.2) is 13.2 Å². The van der Waals surface area contributed by atoms with Gasteiger partial charge in [-0.1, -0.05) is 4.89 Å². The third-order valence-corrected chi connectivity index (χ3v) is 4.59. The first-order valence-corrected chi connectivity index (χ1v) is 7.81. The number of rotatable bonds is 4. The second-order valence-corrected chi connectivity index (χ2v) is 7.33. The summed E-state index contributed by atoms with van der Waals surface area (Å²) >= 11 is 1.02. The zero-order chi connectivity index (χ0) is 14.8. The topological polar surface area (TPSA) is 81.7 Å². The quantitative estimate of drug-likeness (QED) is 0.678. The lowest BCUT2D eigenvalue weighted by Crippen LogP contribution is -2.34. The maximum atomic E-state index is 12.2. The second-order valence-electron chi connectivity index (χ2n) is 4.87. The first kappa shape index (κ1) is 16.1. The van der Waals surface area contributed by atoms with Crippen LogP contribution in [0.15, 0.2) is 10.3 Å². The highest BCUT2D eigenvalue weighted by molar-refractivity contribution is 7.89. The summed E-state index contributed by atoms with van der Waals surface area (Å²) in [5.41, 5.74) is -0.210. The Hall–Kier alpha value is -0.960. The molecule has 1 N–H and O–H groups in total. The van der Waals surface area contributed by atoms with E-state index in [-0.39, 0.29) is 9.77 Å². The molecule has 1 aromatic rings. The number of hydrogen-bond acceptors (Lipinski definition) is 6. The van der Waals surface area contributed by atoms with Gasteiger partial charge in [0.1, 0.15) is 9.77 Å². The number of thiophene rings is 1. The Morgan fingerprint density at radius 3 is 2.42 bits per heavy atom. The van der Waals surface area contributed by atoms with Crippen molar-refractivity contribution in [3.63, 3.8) is 0 Å². The molecule has 0 fully saturated rings. The summed E-state index contributed by atoms with van der Waals surface area (Å²) in [6.45, 7) is 6.72. The maximum Gasteiger partial charge on any atom is 0.349 e. The van der Waals surface area contributed by atoms with Crippen molar-refractivity contribution < 1.29 is 22.8 Å². The number of nitrogens with one attached hydrogen (secondary N) is 1. The molecular formula is C11H17NO5S2. The van der Waals surface area contributed by atoms with Gasteiger partial charge in [0.05, 0.1) is 12.7 Å². The van der Waals surface area contributed by atoms with Crippen molar-refractivity contribution in [3.05, 3.63) is 15.8 Å². The van der Waals surface area contributed by atoms with E-state index in [0.29, 0.717) is 5.56 Å². The van der Waals surface area contributed by atoms with Gasteiger partial charge in [0.15, 0.2) is 0 Å². The van der Waals surface area contributed by atoms with E-state index in [1.807, 2.05) is 4.89 Å². The van der Waals surface area contributed by atoms with E-state index in [0.717, 1.165) is 11.3 Å². The number of sulfonamides is 1. The molecule has 0 aliphatic rings. The number of carbonyl (C=O) groups excluding carboxylic acids is 1. The van der Waals surface area contributed by atoms with Crippen LogP contribution in [0.4, 0.5) is 0 Å². The van der Waals surface area contributed by atoms with Crippen molar-refractivity contribution in [1.29, 1.82) is 0 Å². The number of methoxy groups -OCH3 is 1. The highest BCUT2D eigenvalue weighted by Gasteiger charge is 2.29. The summed E-state index contributed by atoms with van der Waals surface area (Å²) in [4.78, 5) is 18.6. The van der Waals surface area contributed by atoms with Crippen molar-refractivity contribution in [3.8, 4) is 0 Å². The van der Waals surface area contributed by atoms with Crippen molar-refractivity contribution >= 4 is 27.3 Å². The van der Waals surface area contributed by atoms with E-state index in [4.69, 9.17) is 4.84 Å². The predicted molar refractivity (Wildman–Crippen MR) is 71.6 cm³/mol. The largest absolute Gasteiger partial charge is 0.465 e. The molecule has 0 saturated carbocycles. The van der Waals surface area contributed by atoms with Gasteiger partial charge < -0.3 is 4.74 Å². The first-order valence-electron chi connectivity index (χ1n) is 5.44. The average molecular weight is 307 g/mol. The zero-order valence-electron chi connectivity index (χ0n) is 11.4. The Kier molecular flexibility index (Phi) is 4.72. The number of esters is 1. The third-order valence-electron chi connectivity index (χ3n) is 2.02. The standard InChI is InChI=1S/C11H17NO5S2/c1-7-6-18-8(10(13)16-5)9(7)19(14,15)12-17-11(2,3)4/h6,12H,1-5H3. The average Bonchev–Trinajstić information content (AvgIpc) is 2.67. The fourth-order valence-corrected chi connectivity index (χ4v) is 3.88. The van der Waals surface area contributed by atoms with Crippen LogP contribution in [0, 0.1) is 6.92 Å². The number of hydrogen-bond donors (Lipinski definition) is 1. The zero-order valence-corrected chi connectivity index (χ0v) is 13.1. The highest BCUT2D eigenvalue weighted by Crippen LogP contribution is 2.27. The summed E-state index contributed by atoms with van der Waals surface area (Å²) in [5.74, 6) is -0.686. The molecule has 1 aromatic heterocycles. The van der Waals surface area contributed by atoms with Crippen LogP contribution in [0.5, 0.6) is 0 Å². The van der Waals surface area contributed by atoms with Gasteiger partial charge in [-0.15, -0.1) is 11.3 Å². The van der Waals surface area contributed by atoms with Crippen LogP contribution < -0.4 is 4.89 Å². The first-order chi connectivity index (χ1) is 8.58. The molecule has 0 atom stereocenters. The molecular weight excluding hydrogens is 290 g/mol. The Morgan fingerprint density at radius 1 is 1.37 bits per heavy atom. The van der Waals surface area contributed by atoms with Gasteiger partial charge in [-0.3, -0.25) is 4.84 Å². The number of carbonyl (C=O) groups is 1. The van der Waals surface area contributed by atoms with Crippen LogP contribution in [0.2, 0.25) is 0 Å². The number of ether oxygens (including phenoxy) is 1. The molecule has 19 heavy (non-hydrogen) atoms. The van der Waals surface area contributed by atoms with Crippen LogP contribution >= 0.6 is 11.3 Å². The molecule has 0 amide bonds. The Balaban J connectivity index is 3.15. The second kappa shape index (κ2) is 5.58. The van der Waals surface area contributed by atoms with Crippen LogP contribution in [0.3, 0.4) is 0 Å². The van der Waals surface area contributed by atoms with E-state index in [1.165, 1.54) is 7.11 Å². The van der Waals surface area contributed by atoms with Crippen LogP contribution in [0.25, 0.3) is 0 Å². The molecule has 0 bridgehead atoms. The smallest absolute Gasteiger partial charge is 0.349 e. The molecule has 0 unspecified atom stereocenters. The normalized spacial score (nSPS) is 12.5. The van der Waals surface area contributed by atoms with E-state index in [9.17, 15) is 13.2 Å². The highest BCUT2D eigenvalue weighted by atomic mass is 32.2. The fraction of sp³-hybridized carbons (Fsp3) is 0.545. The number of aryl methyl sites for hydroxylation is 1. The summed E-state index contributed by atoms with van der Waals surface area (Å²) in [6, 6.07) is 0. The molecule has 8 heteroatoms. The minimum atomic E-state index is -3.93. The molecule has 0 aromatic carbocycles. The van der Waals surface area contributed by atoms with Gasteiger partial charge in [-0.05, 0) is 38.6 Å². The van der Waals surface area contributed by atoms with Crippen molar-refractivity contribution in [2.45, 2.75) is 38.2 Å². The molecule has 0 aliphatic heterocycles. The summed E-state index contributed by atoms with van der Waals surface area (Å²) < 4.78 is 28.9. The van der Waals surface area contributed by atoms with Crippen LogP contribution in [0.1, 0.15) is 36.0 Å². The molecule has 108 valence electrons. The van der Waals surface area contributed by atoms with E-state index in [1.54, 1.807) is 33.1 Å². The van der Waals surface area contributed by atoms with E-state index >= 15 is 0 Å². The fourth-order valence-electron chi connectivity index (χ4n) is 1.22. The van der Waals surface area contributed by atoms with Crippen molar-refractivity contribution in [2.75, 3.05) is 7.11 Å². The third kappa shape index (κ3) is 4.00. The van der Waals surface area contributed by atoms with Crippen molar-refractivity contribution in [1.82, 2.24) is 4.89 Å². The van der Waals surface area contributed by atoms with Crippen molar-refractivity contribution in [2.24, 2.45) is 0 Å². The Labute approximate surface area is 116 Å². The molecule has 0 spiro atoms. The molecule has 1 heterocycles. The lowest BCUT2D eigenvalue weighted by Gasteiger charge is -2.19. The molecule has 1 rings (SSSR count). The summed E-state index contributed by atoms with van der Waals surface area (Å²) in [6.07, 6.45) is 0. The summed E-state index contributed by atoms with van der Waals surface area (Å²) in [7, 11) is -2.73. The van der Waals surface area contributed by atoms with Crippen LogP contribution in [-0.2, 0) is 19.6 Å². The Bertz CT molecular complexity index is 568. The predicted octanol–water partition coefficient (Wildman–Crippen LogP) is 1.85.